The monoisotopic (exact) mass is 224 g/mol. The molecule has 0 aromatic carbocycles. The Bertz CT molecular complexity index is 294. The molecule has 1 unspecified atom stereocenters. The number of hydrogen-bond acceptors (Lipinski definition) is 2. The molecule has 1 aromatic heterocycles. The first kappa shape index (κ1) is 13.3. The maximum absolute atomic E-state index is 5.38. The molecule has 0 spiro atoms. The van der Waals surface area contributed by atoms with Crippen molar-refractivity contribution in [1.29, 1.82) is 0 Å². The van der Waals surface area contributed by atoms with Gasteiger partial charge in [0.1, 0.15) is 6.73 Å². The molecular weight excluding hydrogens is 200 g/mol. The number of nitrogens with one attached hydrogen (secondary N) is 1. The van der Waals surface area contributed by atoms with Gasteiger partial charge in [0.15, 0.2) is 0 Å². The number of rotatable bonds is 7. The summed E-state index contributed by atoms with van der Waals surface area (Å²) >= 11 is 0. The van der Waals surface area contributed by atoms with E-state index in [-0.39, 0.29) is 0 Å². The van der Waals surface area contributed by atoms with E-state index in [4.69, 9.17) is 4.74 Å². The first-order valence-corrected chi connectivity index (χ1v) is 6.15. The topological polar surface area (TPSA) is 26.2 Å². The molecular formula is C13H24N2O. The smallest absolute Gasteiger partial charge is 0.122 e. The van der Waals surface area contributed by atoms with Crippen LogP contribution in [-0.4, -0.2) is 17.7 Å². The van der Waals surface area contributed by atoms with Gasteiger partial charge in [0.2, 0.25) is 0 Å². The predicted molar refractivity (Wildman–Crippen MR) is 67.3 cm³/mol. The van der Waals surface area contributed by atoms with Crippen molar-refractivity contribution in [2.75, 3.05) is 13.2 Å². The molecule has 1 aromatic rings. The van der Waals surface area contributed by atoms with Crippen LogP contribution in [0.5, 0.6) is 0 Å². The highest BCUT2D eigenvalue weighted by Crippen LogP contribution is 2.21. The fraction of sp³-hybridized carbons (Fsp3) is 0.692. The second kappa shape index (κ2) is 6.71. The normalized spacial score (nSPS) is 13.3. The molecule has 3 heteroatoms. The highest BCUT2D eigenvalue weighted by atomic mass is 16.5. The summed E-state index contributed by atoms with van der Waals surface area (Å²) in [4.78, 5) is 0. The maximum atomic E-state index is 5.38. The van der Waals surface area contributed by atoms with Crippen LogP contribution in [0, 0.1) is 5.92 Å². The van der Waals surface area contributed by atoms with Crippen molar-refractivity contribution in [1.82, 2.24) is 9.88 Å². The lowest BCUT2D eigenvalue weighted by Gasteiger charge is -2.20. The van der Waals surface area contributed by atoms with E-state index in [0.29, 0.717) is 18.7 Å². The van der Waals surface area contributed by atoms with E-state index in [9.17, 15) is 0 Å². The minimum atomic E-state index is 0.438. The van der Waals surface area contributed by atoms with Crippen molar-refractivity contribution in [3.05, 3.63) is 24.0 Å². The Morgan fingerprint density at radius 3 is 2.69 bits per heavy atom. The van der Waals surface area contributed by atoms with E-state index < -0.39 is 0 Å². The van der Waals surface area contributed by atoms with Gasteiger partial charge in [0, 0.05) is 25.0 Å². The van der Waals surface area contributed by atoms with Crippen molar-refractivity contribution < 1.29 is 4.74 Å². The number of nitrogens with zero attached hydrogens (tertiary/aromatic N) is 1. The van der Waals surface area contributed by atoms with Crippen LogP contribution in [0.4, 0.5) is 0 Å². The molecule has 16 heavy (non-hydrogen) atoms. The van der Waals surface area contributed by atoms with Crippen LogP contribution in [0.2, 0.25) is 0 Å². The van der Waals surface area contributed by atoms with Crippen LogP contribution >= 0.6 is 0 Å². The molecule has 1 rings (SSSR count). The molecule has 0 saturated heterocycles. The molecule has 1 N–H and O–H groups in total. The highest BCUT2D eigenvalue weighted by molar-refractivity contribution is 5.16. The summed E-state index contributed by atoms with van der Waals surface area (Å²) < 4.78 is 7.46. The molecule has 92 valence electrons. The molecule has 0 fully saturated rings. The molecule has 0 bridgehead atoms. The van der Waals surface area contributed by atoms with Gasteiger partial charge in [0.25, 0.3) is 0 Å². The molecule has 0 aliphatic rings. The molecule has 1 heterocycles. The second-order valence-corrected chi connectivity index (χ2v) is 4.36. The van der Waals surface area contributed by atoms with E-state index in [0.717, 1.165) is 13.2 Å². The zero-order valence-corrected chi connectivity index (χ0v) is 10.9. The molecule has 0 saturated carbocycles. The van der Waals surface area contributed by atoms with Crippen molar-refractivity contribution in [2.45, 2.75) is 40.5 Å². The number of hydrogen-bond donors (Lipinski definition) is 1. The molecule has 1 atom stereocenters. The van der Waals surface area contributed by atoms with Crippen LogP contribution in [0.3, 0.4) is 0 Å². The van der Waals surface area contributed by atoms with Crippen LogP contribution in [-0.2, 0) is 11.5 Å². The lowest BCUT2D eigenvalue weighted by Crippen LogP contribution is -2.25. The lowest BCUT2D eigenvalue weighted by atomic mass is 9.98. The van der Waals surface area contributed by atoms with Crippen molar-refractivity contribution in [2.24, 2.45) is 5.92 Å². The Balaban J connectivity index is 2.65. The summed E-state index contributed by atoms with van der Waals surface area (Å²) in [5, 5.41) is 3.51. The van der Waals surface area contributed by atoms with Gasteiger partial charge in [-0.3, -0.25) is 0 Å². The van der Waals surface area contributed by atoms with Gasteiger partial charge in [-0.2, -0.15) is 0 Å². The Morgan fingerprint density at radius 2 is 2.12 bits per heavy atom. The average molecular weight is 224 g/mol. The van der Waals surface area contributed by atoms with Crippen LogP contribution in [0.15, 0.2) is 18.5 Å². The fourth-order valence-corrected chi connectivity index (χ4v) is 1.88. The minimum Gasteiger partial charge on any atom is -0.361 e. The van der Waals surface area contributed by atoms with Gasteiger partial charge < -0.3 is 14.6 Å². The van der Waals surface area contributed by atoms with E-state index >= 15 is 0 Å². The molecule has 0 aliphatic heterocycles. The van der Waals surface area contributed by atoms with E-state index in [1.54, 1.807) is 0 Å². The van der Waals surface area contributed by atoms with E-state index in [1.807, 2.05) is 6.92 Å². The third kappa shape index (κ3) is 3.65. The maximum Gasteiger partial charge on any atom is 0.122 e. The van der Waals surface area contributed by atoms with Crippen LogP contribution < -0.4 is 5.32 Å². The Hall–Kier alpha value is -0.800. The Morgan fingerprint density at radius 1 is 1.38 bits per heavy atom. The summed E-state index contributed by atoms with van der Waals surface area (Å²) in [7, 11) is 0. The summed E-state index contributed by atoms with van der Waals surface area (Å²) in [6.45, 7) is 11.0. The lowest BCUT2D eigenvalue weighted by molar-refractivity contribution is 0.0879. The number of ether oxygens (including phenoxy) is 1. The van der Waals surface area contributed by atoms with Crippen molar-refractivity contribution >= 4 is 0 Å². The van der Waals surface area contributed by atoms with Gasteiger partial charge in [0.05, 0.1) is 0 Å². The van der Waals surface area contributed by atoms with Gasteiger partial charge in [-0.1, -0.05) is 20.8 Å². The van der Waals surface area contributed by atoms with E-state index in [1.165, 1.54) is 5.56 Å². The number of aromatic nitrogens is 1. The largest absolute Gasteiger partial charge is 0.361 e. The minimum absolute atomic E-state index is 0.438. The first-order valence-electron chi connectivity index (χ1n) is 6.15. The summed E-state index contributed by atoms with van der Waals surface area (Å²) in [5.41, 5.74) is 1.34. The van der Waals surface area contributed by atoms with Gasteiger partial charge in [-0.25, -0.2) is 0 Å². The zero-order chi connectivity index (χ0) is 12.0. The zero-order valence-electron chi connectivity index (χ0n) is 10.9. The van der Waals surface area contributed by atoms with Crippen molar-refractivity contribution in [3.63, 3.8) is 0 Å². The third-order valence-corrected chi connectivity index (χ3v) is 2.67. The van der Waals surface area contributed by atoms with Gasteiger partial charge >= 0.3 is 0 Å². The van der Waals surface area contributed by atoms with Gasteiger partial charge in [-0.15, -0.1) is 0 Å². The quantitative estimate of drug-likeness (QED) is 0.770. The molecule has 3 nitrogen and oxygen atoms in total. The Labute approximate surface area is 98.8 Å². The predicted octanol–water partition coefficient (Wildman–Crippen LogP) is 2.79. The Kier molecular flexibility index (Phi) is 5.56. The van der Waals surface area contributed by atoms with Crippen LogP contribution in [0.25, 0.3) is 0 Å². The van der Waals surface area contributed by atoms with Crippen molar-refractivity contribution in [3.8, 4) is 0 Å². The van der Waals surface area contributed by atoms with E-state index in [2.05, 4.69) is 49.1 Å². The molecule has 0 radical (unpaired) electrons. The highest BCUT2D eigenvalue weighted by Gasteiger charge is 2.15. The van der Waals surface area contributed by atoms with Crippen LogP contribution in [0.1, 0.15) is 39.3 Å². The summed E-state index contributed by atoms with van der Waals surface area (Å²) in [6, 6.07) is 2.61. The second-order valence-electron chi connectivity index (χ2n) is 4.36. The molecule has 0 aliphatic carbocycles. The molecule has 0 amide bonds. The average Bonchev–Trinajstić information content (AvgIpc) is 2.70. The fourth-order valence-electron chi connectivity index (χ4n) is 1.88. The standard InChI is InChI=1S/C13H24N2O/c1-5-14-13(11(3)4)12-7-8-15(9-12)10-16-6-2/h7-9,11,13-14H,5-6,10H2,1-4H3. The van der Waals surface area contributed by atoms with Gasteiger partial charge in [-0.05, 0) is 31.0 Å². The summed E-state index contributed by atoms with van der Waals surface area (Å²) in [5.74, 6) is 0.600. The SMILES string of the molecule is CCNC(c1ccn(COCC)c1)C(C)C. The first-order chi connectivity index (χ1) is 7.69. The summed E-state index contributed by atoms with van der Waals surface area (Å²) in [6.07, 6.45) is 4.25. The third-order valence-electron chi connectivity index (χ3n) is 2.67.